The summed E-state index contributed by atoms with van der Waals surface area (Å²) in [6.07, 6.45) is 10.5. The fourth-order valence-electron chi connectivity index (χ4n) is 4.09. The van der Waals surface area contributed by atoms with E-state index in [1.54, 1.807) is 0 Å². The maximum Gasteiger partial charge on any atom is 0.0827 e. The third kappa shape index (κ3) is 8.30. The molecule has 0 aromatic heterocycles. The van der Waals surface area contributed by atoms with Crippen molar-refractivity contribution in [2.75, 3.05) is 26.2 Å². The van der Waals surface area contributed by atoms with Gasteiger partial charge in [-0.05, 0) is 36.8 Å². The molecule has 0 radical (unpaired) electrons. The second kappa shape index (κ2) is 12.7. The van der Waals surface area contributed by atoms with Crippen LogP contribution in [0.1, 0.15) is 63.5 Å². The first-order chi connectivity index (χ1) is 13.3. The number of hydrogen-bond donors (Lipinski definition) is 0. The minimum absolute atomic E-state index is 1.20. The van der Waals surface area contributed by atoms with Gasteiger partial charge in [0.1, 0.15) is 0 Å². The Hall–Kier alpha value is -1.60. The van der Waals surface area contributed by atoms with E-state index in [2.05, 4.69) is 74.5 Å². The minimum atomic E-state index is 1.20. The van der Waals surface area contributed by atoms with E-state index in [9.17, 15) is 0 Å². The standard InChI is InChI=1S/C26H40N/c1-3-5-13-21-27(22-14-6-4-2,23-19-25-15-9-7-10-16-25)24-20-26-17-11-8-12-18-26/h7-12,15-18H,3-6,13-14,19-24H2,1-2H3/q+1. The Kier molecular flexibility index (Phi) is 10.2. The highest BCUT2D eigenvalue weighted by Crippen LogP contribution is 2.18. The van der Waals surface area contributed by atoms with Crippen LogP contribution in [0.25, 0.3) is 0 Å². The first-order valence-electron chi connectivity index (χ1n) is 11.2. The van der Waals surface area contributed by atoms with E-state index in [4.69, 9.17) is 0 Å². The third-order valence-corrected chi connectivity index (χ3v) is 5.91. The van der Waals surface area contributed by atoms with Gasteiger partial charge in [-0.3, -0.25) is 0 Å². The molecule has 2 aromatic carbocycles. The molecule has 2 aromatic rings. The lowest BCUT2D eigenvalue weighted by Crippen LogP contribution is -2.52. The Morgan fingerprint density at radius 2 is 0.926 bits per heavy atom. The van der Waals surface area contributed by atoms with Gasteiger partial charge < -0.3 is 4.48 Å². The molecule has 0 amide bonds. The highest BCUT2D eigenvalue weighted by Gasteiger charge is 2.26. The first kappa shape index (κ1) is 21.7. The maximum atomic E-state index is 2.32. The van der Waals surface area contributed by atoms with Crippen molar-refractivity contribution in [3.63, 3.8) is 0 Å². The third-order valence-electron chi connectivity index (χ3n) is 5.91. The molecular weight excluding hydrogens is 326 g/mol. The van der Waals surface area contributed by atoms with Crippen molar-refractivity contribution in [2.45, 2.75) is 65.2 Å². The summed E-state index contributed by atoms with van der Waals surface area (Å²) in [4.78, 5) is 0. The molecule has 0 atom stereocenters. The lowest BCUT2D eigenvalue weighted by molar-refractivity contribution is -0.928. The second-order valence-electron chi connectivity index (χ2n) is 8.12. The van der Waals surface area contributed by atoms with Gasteiger partial charge in [0.05, 0.1) is 26.2 Å². The number of rotatable bonds is 14. The summed E-state index contributed by atoms with van der Waals surface area (Å²) < 4.78 is 1.30. The molecule has 0 aliphatic heterocycles. The van der Waals surface area contributed by atoms with Crippen LogP contribution in [0.5, 0.6) is 0 Å². The van der Waals surface area contributed by atoms with Gasteiger partial charge in [0.15, 0.2) is 0 Å². The lowest BCUT2D eigenvalue weighted by Gasteiger charge is -2.39. The van der Waals surface area contributed by atoms with Gasteiger partial charge in [-0.2, -0.15) is 0 Å². The molecule has 0 unspecified atom stereocenters. The summed E-state index contributed by atoms with van der Waals surface area (Å²) in [5.74, 6) is 0. The molecule has 27 heavy (non-hydrogen) atoms. The topological polar surface area (TPSA) is 0 Å². The van der Waals surface area contributed by atoms with Crippen LogP contribution in [0.15, 0.2) is 60.7 Å². The normalized spacial score (nSPS) is 11.6. The lowest BCUT2D eigenvalue weighted by atomic mass is 10.1. The predicted octanol–water partition coefficient (Wildman–Crippen LogP) is 6.67. The Bertz CT molecular complexity index is 535. The molecule has 2 rings (SSSR count). The van der Waals surface area contributed by atoms with Crippen LogP contribution in [0, 0.1) is 0 Å². The average Bonchev–Trinajstić information content (AvgIpc) is 2.72. The molecule has 148 valence electrons. The van der Waals surface area contributed by atoms with E-state index in [0.717, 1.165) is 0 Å². The maximum absolute atomic E-state index is 2.32. The molecular formula is C26H40N+. The Balaban J connectivity index is 2.08. The van der Waals surface area contributed by atoms with Crippen molar-refractivity contribution < 1.29 is 4.48 Å². The van der Waals surface area contributed by atoms with Gasteiger partial charge in [0.25, 0.3) is 0 Å². The monoisotopic (exact) mass is 366 g/mol. The van der Waals surface area contributed by atoms with Gasteiger partial charge in [0, 0.05) is 12.8 Å². The van der Waals surface area contributed by atoms with Crippen molar-refractivity contribution in [1.29, 1.82) is 0 Å². The van der Waals surface area contributed by atoms with E-state index >= 15 is 0 Å². The SMILES string of the molecule is CCCCC[N+](CCCCC)(CCc1ccccc1)CCc1ccccc1. The van der Waals surface area contributed by atoms with Crippen molar-refractivity contribution >= 4 is 0 Å². The molecule has 0 aliphatic rings. The van der Waals surface area contributed by atoms with Crippen LogP contribution in [-0.2, 0) is 12.8 Å². The van der Waals surface area contributed by atoms with Gasteiger partial charge in [-0.15, -0.1) is 0 Å². The summed E-state index contributed by atoms with van der Waals surface area (Å²) in [6.45, 7) is 9.89. The van der Waals surface area contributed by atoms with Crippen molar-refractivity contribution in [3.05, 3.63) is 71.8 Å². The minimum Gasteiger partial charge on any atom is -0.323 e. The predicted molar refractivity (Wildman–Crippen MR) is 119 cm³/mol. The molecule has 0 N–H and O–H groups in total. The van der Waals surface area contributed by atoms with Crippen molar-refractivity contribution in [2.24, 2.45) is 0 Å². The smallest absolute Gasteiger partial charge is 0.0827 e. The van der Waals surface area contributed by atoms with Gasteiger partial charge in [0.2, 0.25) is 0 Å². The van der Waals surface area contributed by atoms with Crippen LogP contribution in [0.3, 0.4) is 0 Å². The molecule has 0 saturated carbocycles. The molecule has 0 bridgehead atoms. The Morgan fingerprint density at radius 1 is 0.519 bits per heavy atom. The fourth-order valence-corrected chi connectivity index (χ4v) is 4.09. The summed E-state index contributed by atoms with van der Waals surface area (Å²) in [6, 6.07) is 22.2. The zero-order valence-corrected chi connectivity index (χ0v) is 17.7. The number of hydrogen-bond acceptors (Lipinski definition) is 0. The highest BCUT2D eigenvalue weighted by atomic mass is 15.3. The fraction of sp³-hybridized carbons (Fsp3) is 0.538. The number of unbranched alkanes of at least 4 members (excludes halogenated alkanes) is 4. The molecule has 1 nitrogen and oxygen atoms in total. The summed E-state index contributed by atoms with van der Waals surface area (Å²) in [5.41, 5.74) is 2.98. The van der Waals surface area contributed by atoms with Crippen LogP contribution >= 0.6 is 0 Å². The van der Waals surface area contributed by atoms with E-state index < -0.39 is 0 Å². The molecule has 0 aliphatic carbocycles. The first-order valence-corrected chi connectivity index (χ1v) is 11.2. The number of quaternary nitrogens is 1. The van der Waals surface area contributed by atoms with E-state index in [0.29, 0.717) is 0 Å². The molecule has 0 heterocycles. The van der Waals surface area contributed by atoms with Crippen LogP contribution in [0.2, 0.25) is 0 Å². The van der Waals surface area contributed by atoms with Crippen molar-refractivity contribution in [3.8, 4) is 0 Å². The van der Waals surface area contributed by atoms with E-state index in [1.807, 2.05) is 0 Å². The Labute approximate surface area is 168 Å². The van der Waals surface area contributed by atoms with Gasteiger partial charge in [-0.25, -0.2) is 0 Å². The largest absolute Gasteiger partial charge is 0.323 e. The van der Waals surface area contributed by atoms with Crippen LogP contribution in [-0.4, -0.2) is 30.7 Å². The van der Waals surface area contributed by atoms with E-state index in [-0.39, 0.29) is 0 Å². The molecule has 0 spiro atoms. The zero-order valence-electron chi connectivity index (χ0n) is 17.7. The molecule has 0 fully saturated rings. The summed E-state index contributed by atoms with van der Waals surface area (Å²) >= 11 is 0. The zero-order chi connectivity index (χ0) is 19.2. The number of benzene rings is 2. The van der Waals surface area contributed by atoms with Crippen LogP contribution < -0.4 is 0 Å². The number of nitrogens with zero attached hydrogens (tertiary/aromatic N) is 1. The average molecular weight is 367 g/mol. The second-order valence-corrected chi connectivity index (χ2v) is 8.12. The Morgan fingerprint density at radius 3 is 1.30 bits per heavy atom. The van der Waals surface area contributed by atoms with Gasteiger partial charge >= 0.3 is 0 Å². The van der Waals surface area contributed by atoms with Crippen LogP contribution in [0.4, 0.5) is 0 Å². The van der Waals surface area contributed by atoms with Crippen molar-refractivity contribution in [1.82, 2.24) is 0 Å². The summed E-state index contributed by atoms with van der Waals surface area (Å²) in [7, 11) is 0. The van der Waals surface area contributed by atoms with Gasteiger partial charge in [-0.1, -0.05) is 87.4 Å². The quantitative estimate of drug-likeness (QED) is 0.259. The molecule has 1 heteroatoms. The highest BCUT2D eigenvalue weighted by molar-refractivity contribution is 5.15. The molecule has 0 saturated heterocycles. The summed E-state index contributed by atoms with van der Waals surface area (Å²) in [5, 5.41) is 0. The van der Waals surface area contributed by atoms with E-state index in [1.165, 1.54) is 93.2 Å².